The van der Waals surface area contributed by atoms with Crippen molar-refractivity contribution in [1.82, 2.24) is 9.80 Å². The summed E-state index contributed by atoms with van der Waals surface area (Å²) in [6, 6.07) is 12.0. The van der Waals surface area contributed by atoms with Gasteiger partial charge in [0.1, 0.15) is 17.1 Å². The Morgan fingerprint density at radius 1 is 0.971 bits per heavy atom. The molecule has 3 heterocycles. The maximum Gasteiger partial charge on any atom is 0.290 e. The minimum atomic E-state index is -0.537. The normalized spacial score (nSPS) is 18.4. The van der Waals surface area contributed by atoms with E-state index in [-0.39, 0.29) is 17.1 Å². The zero-order valence-corrected chi connectivity index (χ0v) is 19.4. The molecule has 34 heavy (non-hydrogen) atoms. The summed E-state index contributed by atoms with van der Waals surface area (Å²) in [5.74, 6) is 1.06. The van der Waals surface area contributed by atoms with E-state index in [0.717, 1.165) is 44.8 Å². The minimum Gasteiger partial charge on any atom is -0.497 e. The number of methoxy groups -OCH3 is 2. The SMILES string of the molecule is COc1cccc(C2c3c(oc4cc(OC)ccc4c3=O)C(=O)N2CCCN2CCOCC2)c1. The van der Waals surface area contributed by atoms with E-state index in [1.165, 1.54) is 0 Å². The quantitative estimate of drug-likeness (QED) is 0.532. The first-order valence-corrected chi connectivity index (χ1v) is 11.5. The first kappa shape index (κ1) is 22.4. The lowest BCUT2D eigenvalue weighted by Crippen LogP contribution is -2.38. The molecule has 0 saturated carbocycles. The highest BCUT2D eigenvalue weighted by atomic mass is 16.5. The highest BCUT2D eigenvalue weighted by Crippen LogP contribution is 2.39. The fourth-order valence-electron chi connectivity index (χ4n) is 4.80. The van der Waals surface area contributed by atoms with Crippen LogP contribution in [0.15, 0.2) is 51.7 Å². The molecule has 1 amide bonds. The second-order valence-electron chi connectivity index (χ2n) is 8.52. The molecule has 1 unspecified atom stereocenters. The molecule has 3 aromatic rings. The Morgan fingerprint density at radius 2 is 1.74 bits per heavy atom. The van der Waals surface area contributed by atoms with Crippen LogP contribution in [0.3, 0.4) is 0 Å². The monoisotopic (exact) mass is 464 g/mol. The van der Waals surface area contributed by atoms with Crippen LogP contribution in [0, 0.1) is 0 Å². The van der Waals surface area contributed by atoms with Gasteiger partial charge in [0, 0.05) is 32.2 Å². The summed E-state index contributed by atoms with van der Waals surface area (Å²) in [6.45, 7) is 4.60. The molecular weight excluding hydrogens is 436 g/mol. The number of hydrogen-bond donors (Lipinski definition) is 0. The van der Waals surface area contributed by atoms with Gasteiger partial charge in [0.05, 0.1) is 44.4 Å². The van der Waals surface area contributed by atoms with Gasteiger partial charge in [0.15, 0.2) is 5.43 Å². The molecule has 0 spiro atoms. The van der Waals surface area contributed by atoms with Gasteiger partial charge >= 0.3 is 0 Å². The van der Waals surface area contributed by atoms with Crippen LogP contribution in [0.1, 0.15) is 34.1 Å². The van der Waals surface area contributed by atoms with E-state index in [4.69, 9.17) is 18.6 Å². The third-order valence-electron chi connectivity index (χ3n) is 6.56. The lowest BCUT2D eigenvalue weighted by atomic mass is 9.98. The average Bonchev–Trinajstić information content (AvgIpc) is 3.16. The molecule has 0 bridgehead atoms. The van der Waals surface area contributed by atoms with Crippen LogP contribution >= 0.6 is 0 Å². The summed E-state index contributed by atoms with van der Waals surface area (Å²) < 4.78 is 22.2. The van der Waals surface area contributed by atoms with Crippen molar-refractivity contribution in [2.24, 2.45) is 0 Å². The first-order chi connectivity index (χ1) is 16.6. The van der Waals surface area contributed by atoms with Crippen molar-refractivity contribution in [3.63, 3.8) is 0 Å². The number of benzene rings is 2. The molecule has 0 aliphatic carbocycles. The summed E-state index contributed by atoms with van der Waals surface area (Å²) in [5.41, 5.74) is 1.34. The van der Waals surface area contributed by atoms with Gasteiger partial charge in [-0.1, -0.05) is 12.1 Å². The van der Waals surface area contributed by atoms with Crippen molar-refractivity contribution < 1.29 is 23.4 Å². The fraction of sp³-hybridized carbons (Fsp3) is 0.385. The van der Waals surface area contributed by atoms with Gasteiger partial charge in [-0.05, 0) is 36.2 Å². The lowest BCUT2D eigenvalue weighted by molar-refractivity contribution is 0.0353. The Bertz CT molecular complexity index is 1260. The van der Waals surface area contributed by atoms with Gasteiger partial charge < -0.3 is 23.5 Å². The number of ether oxygens (including phenoxy) is 3. The number of rotatable bonds is 7. The Labute approximate surface area is 197 Å². The zero-order chi connectivity index (χ0) is 23.7. The minimum absolute atomic E-state index is 0.102. The van der Waals surface area contributed by atoms with Crippen LogP contribution < -0.4 is 14.9 Å². The van der Waals surface area contributed by atoms with Crippen LogP contribution in [0.5, 0.6) is 11.5 Å². The third-order valence-corrected chi connectivity index (χ3v) is 6.56. The molecule has 8 heteroatoms. The lowest BCUT2D eigenvalue weighted by Gasteiger charge is -2.29. The number of fused-ring (bicyclic) bond motifs is 2. The number of hydrogen-bond acceptors (Lipinski definition) is 7. The number of amides is 1. The van der Waals surface area contributed by atoms with Crippen molar-refractivity contribution in [1.29, 1.82) is 0 Å². The molecule has 8 nitrogen and oxygen atoms in total. The first-order valence-electron chi connectivity index (χ1n) is 11.5. The Morgan fingerprint density at radius 3 is 2.50 bits per heavy atom. The molecule has 0 N–H and O–H groups in total. The second-order valence-corrected chi connectivity index (χ2v) is 8.52. The number of nitrogens with zero attached hydrogens (tertiary/aromatic N) is 2. The van der Waals surface area contributed by atoms with E-state index in [1.807, 2.05) is 24.3 Å². The topological polar surface area (TPSA) is 81.5 Å². The van der Waals surface area contributed by atoms with Crippen molar-refractivity contribution in [3.8, 4) is 11.5 Å². The van der Waals surface area contributed by atoms with Gasteiger partial charge in [0.25, 0.3) is 5.91 Å². The van der Waals surface area contributed by atoms with Crippen LogP contribution in [0.25, 0.3) is 11.0 Å². The van der Waals surface area contributed by atoms with E-state index >= 15 is 0 Å². The standard InChI is InChI=1S/C26H28N2O6/c1-31-18-6-3-5-17(15-18)23-22-24(29)20-8-7-19(32-2)16-21(20)34-25(22)26(30)28(23)10-4-9-27-11-13-33-14-12-27/h3,5-8,15-16,23H,4,9-14H2,1-2H3. The van der Waals surface area contributed by atoms with Crippen LogP contribution in [0.2, 0.25) is 0 Å². The average molecular weight is 465 g/mol. The second kappa shape index (κ2) is 9.48. The Kier molecular flexibility index (Phi) is 6.26. The molecular formula is C26H28N2O6. The predicted octanol–water partition coefficient (Wildman–Crippen LogP) is 3.08. The number of carbonyl (C=O) groups excluding carboxylic acids is 1. The highest BCUT2D eigenvalue weighted by molar-refractivity contribution is 5.99. The van der Waals surface area contributed by atoms with Crippen molar-refractivity contribution >= 4 is 16.9 Å². The molecule has 2 aliphatic rings. The van der Waals surface area contributed by atoms with E-state index < -0.39 is 6.04 Å². The van der Waals surface area contributed by atoms with Crippen molar-refractivity contribution in [2.75, 3.05) is 53.6 Å². The van der Waals surface area contributed by atoms with E-state index in [2.05, 4.69) is 4.90 Å². The number of morpholine rings is 1. The molecule has 178 valence electrons. The Hall–Kier alpha value is -3.36. The van der Waals surface area contributed by atoms with E-state index in [9.17, 15) is 9.59 Å². The van der Waals surface area contributed by atoms with Gasteiger partial charge in [-0.25, -0.2) is 0 Å². The fourth-order valence-corrected chi connectivity index (χ4v) is 4.80. The molecule has 1 atom stereocenters. The smallest absolute Gasteiger partial charge is 0.290 e. The molecule has 5 rings (SSSR count). The predicted molar refractivity (Wildman–Crippen MR) is 127 cm³/mol. The summed E-state index contributed by atoms with van der Waals surface area (Å²) in [7, 11) is 3.15. The van der Waals surface area contributed by atoms with Crippen LogP contribution in [-0.2, 0) is 4.74 Å². The van der Waals surface area contributed by atoms with Crippen molar-refractivity contribution in [3.05, 3.63) is 69.6 Å². The summed E-state index contributed by atoms with van der Waals surface area (Å²) in [4.78, 5) is 31.3. The van der Waals surface area contributed by atoms with Gasteiger partial charge in [-0.3, -0.25) is 14.5 Å². The zero-order valence-electron chi connectivity index (χ0n) is 19.4. The summed E-state index contributed by atoms with van der Waals surface area (Å²) in [6.07, 6.45) is 0.779. The van der Waals surface area contributed by atoms with E-state index in [0.29, 0.717) is 34.6 Å². The largest absolute Gasteiger partial charge is 0.497 e. The highest BCUT2D eigenvalue weighted by Gasteiger charge is 2.42. The van der Waals surface area contributed by atoms with E-state index in [1.54, 1.807) is 37.3 Å². The number of carbonyl (C=O) groups is 1. The van der Waals surface area contributed by atoms with Gasteiger partial charge in [0.2, 0.25) is 5.76 Å². The molecule has 2 aromatic carbocycles. The molecule has 0 radical (unpaired) electrons. The summed E-state index contributed by atoms with van der Waals surface area (Å²) in [5, 5.41) is 0.426. The van der Waals surface area contributed by atoms with Crippen molar-refractivity contribution in [2.45, 2.75) is 12.5 Å². The molecule has 1 aromatic heterocycles. The van der Waals surface area contributed by atoms with Gasteiger partial charge in [-0.15, -0.1) is 0 Å². The van der Waals surface area contributed by atoms with Crippen LogP contribution in [0.4, 0.5) is 0 Å². The van der Waals surface area contributed by atoms with Crippen LogP contribution in [-0.4, -0.2) is 69.3 Å². The third kappa shape index (κ3) is 4.03. The van der Waals surface area contributed by atoms with Gasteiger partial charge in [-0.2, -0.15) is 0 Å². The maximum atomic E-state index is 13.6. The summed E-state index contributed by atoms with van der Waals surface area (Å²) >= 11 is 0. The Balaban J connectivity index is 1.55. The molecule has 1 fully saturated rings. The molecule has 2 aliphatic heterocycles. The maximum absolute atomic E-state index is 13.6. The molecule has 1 saturated heterocycles.